The van der Waals surface area contributed by atoms with Crippen molar-refractivity contribution in [1.29, 1.82) is 5.26 Å². The number of amides is 1. The Morgan fingerprint density at radius 2 is 1.94 bits per heavy atom. The first kappa shape index (κ1) is 21.4. The lowest BCUT2D eigenvalue weighted by atomic mass is 9.86. The van der Waals surface area contributed by atoms with E-state index in [1.807, 2.05) is 36.5 Å². The Morgan fingerprint density at radius 1 is 1.19 bits per heavy atom. The van der Waals surface area contributed by atoms with Crippen LogP contribution >= 0.6 is 15.9 Å². The van der Waals surface area contributed by atoms with E-state index in [0.717, 1.165) is 46.7 Å². The highest BCUT2D eigenvalue weighted by Gasteiger charge is 2.24. The second kappa shape index (κ2) is 9.53. The molecule has 1 aliphatic rings. The van der Waals surface area contributed by atoms with E-state index < -0.39 is 0 Å². The molecule has 1 amide bonds. The van der Waals surface area contributed by atoms with Gasteiger partial charge in [-0.15, -0.1) is 0 Å². The highest BCUT2D eigenvalue weighted by Crippen LogP contribution is 2.26. The molecule has 1 heterocycles. The molecule has 0 saturated heterocycles. The number of nitrogens with zero attached hydrogens (tertiary/aromatic N) is 2. The van der Waals surface area contributed by atoms with Crippen LogP contribution in [0.1, 0.15) is 43.7 Å². The van der Waals surface area contributed by atoms with Crippen molar-refractivity contribution in [3.8, 4) is 6.07 Å². The molecule has 1 aromatic heterocycles. The third-order valence-corrected chi connectivity index (χ3v) is 6.71. The Labute approximate surface area is 191 Å². The van der Waals surface area contributed by atoms with Gasteiger partial charge in [-0.05, 0) is 48.6 Å². The molecule has 1 N–H and O–H groups in total. The van der Waals surface area contributed by atoms with Crippen LogP contribution in [0.4, 0.5) is 0 Å². The van der Waals surface area contributed by atoms with E-state index in [0.29, 0.717) is 5.92 Å². The maximum atomic E-state index is 12.8. The quantitative estimate of drug-likeness (QED) is 0.360. The molecule has 2 aromatic carbocycles. The fourth-order valence-electron chi connectivity index (χ4n) is 4.39. The minimum Gasteiger partial charge on any atom is -0.348 e. The van der Waals surface area contributed by atoms with Crippen LogP contribution in [0.15, 0.2) is 64.8 Å². The minimum atomic E-state index is -0.272. The summed E-state index contributed by atoms with van der Waals surface area (Å²) in [5, 5.41) is 13.8. The molecule has 31 heavy (non-hydrogen) atoms. The van der Waals surface area contributed by atoms with Crippen LogP contribution in [-0.4, -0.2) is 16.5 Å². The highest BCUT2D eigenvalue weighted by atomic mass is 79.9. The Bertz CT molecular complexity index is 1150. The normalized spacial score (nSPS) is 19.2. The number of nitrogens with one attached hydrogen (secondary N) is 1. The van der Waals surface area contributed by atoms with Gasteiger partial charge >= 0.3 is 0 Å². The van der Waals surface area contributed by atoms with Crippen LogP contribution in [0.2, 0.25) is 0 Å². The summed E-state index contributed by atoms with van der Waals surface area (Å²) in [4.78, 5) is 12.8. The van der Waals surface area contributed by atoms with Crippen molar-refractivity contribution in [3.63, 3.8) is 0 Å². The first-order valence-corrected chi connectivity index (χ1v) is 11.6. The van der Waals surface area contributed by atoms with E-state index in [1.165, 1.54) is 12.0 Å². The molecule has 0 radical (unpaired) electrons. The van der Waals surface area contributed by atoms with Crippen molar-refractivity contribution in [3.05, 3.63) is 75.9 Å². The standard InChI is InChI=1S/C26H26BrN3O/c1-18-6-2-4-8-24(18)29-26(31)20(15-28)14-21-17-30(25-9-5-3-7-23(21)25)16-19-10-12-22(27)13-11-19/h3,5,7,9-14,17-18,24H,2,4,6,8,16H2,1H3,(H,29,31)/b20-14+/t18-,24+/m0/s1. The fraction of sp³-hybridized carbons (Fsp3) is 0.308. The second-order valence-electron chi connectivity index (χ2n) is 8.37. The lowest BCUT2D eigenvalue weighted by molar-refractivity contribution is -0.118. The van der Waals surface area contributed by atoms with Gasteiger partial charge in [0.25, 0.3) is 5.91 Å². The number of fused-ring (bicyclic) bond motifs is 1. The number of nitriles is 1. The Kier molecular flexibility index (Phi) is 6.58. The van der Waals surface area contributed by atoms with E-state index in [1.54, 1.807) is 6.08 Å². The number of para-hydroxylation sites is 1. The average Bonchev–Trinajstić information content (AvgIpc) is 3.12. The number of benzene rings is 2. The van der Waals surface area contributed by atoms with Crippen LogP contribution in [0.5, 0.6) is 0 Å². The smallest absolute Gasteiger partial charge is 0.262 e. The van der Waals surface area contributed by atoms with E-state index in [-0.39, 0.29) is 17.5 Å². The van der Waals surface area contributed by atoms with Gasteiger partial charge in [0.1, 0.15) is 11.6 Å². The van der Waals surface area contributed by atoms with Gasteiger partial charge in [0, 0.05) is 39.7 Å². The summed E-state index contributed by atoms with van der Waals surface area (Å²) in [6.45, 7) is 2.89. The van der Waals surface area contributed by atoms with E-state index in [9.17, 15) is 10.1 Å². The van der Waals surface area contributed by atoms with Crippen LogP contribution in [0.3, 0.4) is 0 Å². The first-order valence-electron chi connectivity index (χ1n) is 10.8. The number of halogens is 1. The fourth-order valence-corrected chi connectivity index (χ4v) is 4.65. The predicted molar refractivity (Wildman–Crippen MR) is 128 cm³/mol. The summed E-state index contributed by atoms with van der Waals surface area (Å²) in [7, 11) is 0. The molecule has 0 bridgehead atoms. The van der Waals surface area contributed by atoms with Crippen molar-refractivity contribution in [2.75, 3.05) is 0 Å². The number of rotatable bonds is 5. The summed E-state index contributed by atoms with van der Waals surface area (Å²) < 4.78 is 3.22. The number of carbonyl (C=O) groups is 1. The predicted octanol–water partition coefficient (Wildman–Crippen LogP) is 6.05. The summed E-state index contributed by atoms with van der Waals surface area (Å²) in [6, 6.07) is 18.6. The molecular weight excluding hydrogens is 450 g/mol. The molecular formula is C26H26BrN3O. The third-order valence-electron chi connectivity index (χ3n) is 6.18. The summed E-state index contributed by atoms with van der Waals surface area (Å²) in [6.07, 6.45) is 8.21. The summed E-state index contributed by atoms with van der Waals surface area (Å²) in [5.74, 6) is 0.177. The lowest BCUT2D eigenvalue weighted by Crippen LogP contribution is -2.41. The van der Waals surface area contributed by atoms with E-state index >= 15 is 0 Å². The van der Waals surface area contributed by atoms with Crippen molar-refractivity contribution >= 4 is 38.8 Å². The zero-order valence-electron chi connectivity index (χ0n) is 17.6. The number of aromatic nitrogens is 1. The monoisotopic (exact) mass is 475 g/mol. The van der Waals surface area contributed by atoms with Crippen LogP contribution < -0.4 is 5.32 Å². The van der Waals surface area contributed by atoms with Crippen LogP contribution in [-0.2, 0) is 11.3 Å². The molecule has 0 spiro atoms. The SMILES string of the molecule is C[C@H]1CCCC[C@H]1NC(=O)/C(C#N)=C/c1cn(Cc2ccc(Br)cc2)c2ccccc12. The lowest BCUT2D eigenvalue weighted by Gasteiger charge is -2.29. The topological polar surface area (TPSA) is 57.8 Å². The largest absolute Gasteiger partial charge is 0.348 e. The van der Waals surface area contributed by atoms with Crippen molar-refractivity contribution in [1.82, 2.24) is 9.88 Å². The maximum Gasteiger partial charge on any atom is 0.262 e. The Hall–Kier alpha value is -2.84. The molecule has 4 rings (SSSR count). The summed E-state index contributed by atoms with van der Waals surface area (Å²) in [5.41, 5.74) is 3.31. The van der Waals surface area contributed by atoms with Gasteiger partial charge in [-0.3, -0.25) is 4.79 Å². The first-order chi connectivity index (χ1) is 15.0. The molecule has 1 aliphatic carbocycles. The Balaban J connectivity index is 1.63. The summed E-state index contributed by atoms with van der Waals surface area (Å²) >= 11 is 3.48. The van der Waals surface area contributed by atoms with E-state index in [2.05, 4.69) is 57.0 Å². The molecule has 2 atom stereocenters. The molecule has 5 heteroatoms. The van der Waals surface area contributed by atoms with Gasteiger partial charge in [-0.1, -0.05) is 66.0 Å². The molecule has 4 nitrogen and oxygen atoms in total. The van der Waals surface area contributed by atoms with Crippen molar-refractivity contribution < 1.29 is 4.79 Å². The van der Waals surface area contributed by atoms with Crippen molar-refractivity contribution in [2.45, 2.75) is 45.2 Å². The van der Waals surface area contributed by atoms with Gasteiger partial charge in [0.05, 0.1) is 0 Å². The van der Waals surface area contributed by atoms with Crippen LogP contribution in [0.25, 0.3) is 17.0 Å². The van der Waals surface area contributed by atoms with Gasteiger partial charge < -0.3 is 9.88 Å². The molecule has 0 unspecified atom stereocenters. The molecule has 3 aromatic rings. The van der Waals surface area contributed by atoms with Gasteiger partial charge in [0.15, 0.2) is 0 Å². The van der Waals surface area contributed by atoms with E-state index in [4.69, 9.17) is 0 Å². The van der Waals surface area contributed by atoms with Crippen molar-refractivity contribution in [2.24, 2.45) is 5.92 Å². The Morgan fingerprint density at radius 3 is 2.68 bits per heavy atom. The number of hydrogen-bond acceptors (Lipinski definition) is 2. The minimum absolute atomic E-state index is 0.150. The average molecular weight is 476 g/mol. The maximum absolute atomic E-state index is 12.8. The van der Waals surface area contributed by atoms with Gasteiger partial charge in [0.2, 0.25) is 0 Å². The third kappa shape index (κ3) is 4.91. The van der Waals surface area contributed by atoms with Crippen LogP contribution in [0, 0.1) is 17.2 Å². The zero-order valence-corrected chi connectivity index (χ0v) is 19.2. The molecule has 1 fully saturated rings. The zero-order chi connectivity index (χ0) is 21.8. The molecule has 0 aliphatic heterocycles. The number of carbonyl (C=O) groups excluding carboxylic acids is 1. The highest BCUT2D eigenvalue weighted by molar-refractivity contribution is 9.10. The van der Waals surface area contributed by atoms with Gasteiger partial charge in [-0.25, -0.2) is 0 Å². The second-order valence-corrected chi connectivity index (χ2v) is 9.28. The molecule has 1 saturated carbocycles. The molecule has 158 valence electrons. The van der Waals surface area contributed by atoms with Gasteiger partial charge in [-0.2, -0.15) is 5.26 Å². The number of hydrogen-bond donors (Lipinski definition) is 1.